The topological polar surface area (TPSA) is 86.0 Å². The molecule has 0 saturated carbocycles. The van der Waals surface area contributed by atoms with Crippen LogP contribution in [0.2, 0.25) is 0 Å². The van der Waals surface area contributed by atoms with Crippen molar-refractivity contribution in [3.63, 3.8) is 0 Å². The van der Waals surface area contributed by atoms with E-state index in [1.807, 2.05) is 0 Å². The molecule has 1 aliphatic carbocycles. The molecule has 1 aliphatic rings. The van der Waals surface area contributed by atoms with Crippen LogP contribution in [0.15, 0.2) is 21.9 Å². The van der Waals surface area contributed by atoms with Crippen molar-refractivity contribution in [1.29, 1.82) is 0 Å². The molecule has 0 spiro atoms. The molecule has 2 aromatic rings. The van der Waals surface area contributed by atoms with E-state index in [0.29, 0.717) is 11.0 Å². The molecule has 0 radical (unpaired) electrons. The molecule has 0 fully saturated rings. The number of amides is 1. The molecule has 23 heavy (non-hydrogen) atoms. The summed E-state index contributed by atoms with van der Waals surface area (Å²) in [5, 5.41) is 3.32. The van der Waals surface area contributed by atoms with Gasteiger partial charge < -0.3 is 5.32 Å². The van der Waals surface area contributed by atoms with Crippen LogP contribution in [0.1, 0.15) is 23.9 Å². The van der Waals surface area contributed by atoms with E-state index >= 15 is 0 Å². The lowest BCUT2D eigenvalue weighted by Crippen LogP contribution is -2.38. The zero-order valence-electron chi connectivity index (χ0n) is 13.0. The first-order valence-corrected chi connectivity index (χ1v) is 8.30. The summed E-state index contributed by atoms with van der Waals surface area (Å²) in [6.45, 7) is 2.07. The highest BCUT2D eigenvalue weighted by Gasteiger charge is 2.20. The van der Waals surface area contributed by atoms with Gasteiger partial charge in [-0.15, -0.1) is 11.3 Å². The number of fused-ring (bicyclic) bond motifs is 1. The van der Waals surface area contributed by atoms with Gasteiger partial charge in [-0.3, -0.25) is 18.7 Å². The number of carbonyl (C=O) groups is 1. The number of hydrogen-bond acceptors (Lipinski definition) is 5. The summed E-state index contributed by atoms with van der Waals surface area (Å²) in [5.41, 5.74) is 0.163. The van der Waals surface area contributed by atoms with Crippen LogP contribution >= 0.6 is 11.3 Å². The number of nitrogens with zero attached hydrogens (tertiary/aromatic N) is 3. The van der Waals surface area contributed by atoms with Gasteiger partial charge in [0.05, 0.1) is 5.69 Å². The summed E-state index contributed by atoms with van der Waals surface area (Å²) in [4.78, 5) is 41.1. The number of hydrogen-bond donors (Lipinski definition) is 1. The molecular weight excluding hydrogens is 316 g/mol. The highest BCUT2D eigenvalue weighted by Crippen LogP contribution is 2.31. The Morgan fingerprint density at radius 1 is 1.48 bits per heavy atom. The molecule has 2 heterocycles. The first kappa shape index (κ1) is 15.7. The SMILES string of the molecule is CC1CCc2nc(NC(=O)Cn3ccc(=O)n(C)c3=O)sc2C1. The lowest BCUT2D eigenvalue weighted by Gasteiger charge is -2.15. The summed E-state index contributed by atoms with van der Waals surface area (Å²) in [5.74, 6) is 0.320. The van der Waals surface area contributed by atoms with Crippen molar-refractivity contribution < 1.29 is 4.79 Å². The second-order valence-electron chi connectivity index (χ2n) is 5.91. The summed E-state index contributed by atoms with van der Waals surface area (Å²) < 4.78 is 2.17. The molecular formula is C15H18N4O3S. The van der Waals surface area contributed by atoms with Gasteiger partial charge >= 0.3 is 5.69 Å². The van der Waals surface area contributed by atoms with E-state index in [-0.39, 0.29) is 12.5 Å². The number of carbonyl (C=O) groups excluding carboxylic acids is 1. The third kappa shape index (κ3) is 3.26. The molecule has 1 unspecified atom stereocenters. The third-order valence-electron chi connectivity index (χ3n) is 4.01. The fourth-order valence-electron chi connectivity index (χ4n) is 2.64. The Bertz CT molecular complexity index is 864. The molecule has 0 bridgehead atoms. The van der Waals surface area contributed by atoms with Crippen LogP contribution in [-0.2, 0) is 31.2 Å². The van der Waals surface area contributed by atoms with E-state index < -0.39 is 11.2 Å². The van der Waals surface area contributed by atoms with Gasteiger partial charge in [-0.2, -0.15) is 0 Å². The molecule has 0 saturated heterocycles. The van der Waals surface area contributed by atoms with E-state index in [9.17, 15) is 14.4 Å². The lowest BCUT2D eigenvalue weighted by molar-refractivity contribution is -0.116. The van der Waals surface area contributed by atoms with Crippen LogP contribution in [0, 0.1) is 5.92 Å². The molecule has 1 N–H and O–H groups in total. The second kappa shape index (κ2) is 6.11. The third-order valence-corrected chi connectivity index (χ3v) is 5.04. The summed E-state index contributed by atoms with van der Waals surface area (Å²) >= 11 is 1.50. The van der Waals surface area contributed by atoms with Crippen molar-refractivity contribution in [2.45, 2.75) is 32.7 Å². The predicted molar refractivity (Wildman–Crippen MR) is 87.9 cm³/mol. The van der Waals surface area contributed by atoms with Gasteiger partial charge in [0.1, 0.15) is 6.54 Å². The van der Waals surface area contributed by atoms with Crippen molar-refractivity contribution in [2.24, 2.45) is 13.0 Å². The van der Waals surface area contributed by atoms with Gasteiger partial charge in [0.25, 0.3) is 5.56 Å². The second-order valence-corrected chi connectivity index (χ2v) is 6.99. The van der Waals surface area contributed by atoms with E-state index in [1.54, 1.807) is 0 Å². The number of thiazole rings is 1. The minimum absolute atomic E-state index is 0.145. The smallest absolute Gasteiger partial charge is 0.300 e. The standard InChI is InChI=1S/C15H18N4O3S/c1-9-3-4-10-11(7-9)23-14(16-10)17-12(20)8-19-6-5-13(21)18(2)15(19)22/h5-6,9H,3-4,7-8H2,1-2H3,(H,16,17,20). The van der Waals surface area contributed by atoms with Gasteiger partial charge in [0, 0.05) is 24.2 Å². The normalized spacial score (nSPS) is 16.9. The number of aryl methyl sites for hydroxylation is 1. The van der Waals surface area contributed by atoms with Crippen LogP contribution < -0.4 is 16.6 Å². The van der Waals surface area contributed by atoms with Gasteiger partial charge in [0.2, 0.25) is 5.91 Å². The minimum atomic E-state index is -0.514. The quantitative estimate of drug-likeness (QED) is 0.898. The van der Waals surface area contributed by atoms with Crippen molar-refractivity contribution in [3.8, 4) is 0 Å². The first-order chi connectivity index (χ1) is 10.9. The Kier molecular flexibility index (Phi) is 4.16. The maximum atomic E-state index is 12.1. The van der Waals surface area contributed by atoms with Crippen molar-refractivity contribution in [1.82, 2.24) is 14.1 Å². The summed E-state index contributed by atoms with van der Waals surface area (Å²) in [6, 6.07) is 1.26. The lowest BCUT2D eigenvalue weighted by atomic mass is 9.93. The number of nitrogens with one attached hydrogen (secondary N) is 1. The molecule has 122 valence electrons. The first-order valence-electron chi connectivity index (χ1n) is 7.49. The number of anilines is 1. The monoisotopic (exact) mass is 334 g/mol. The maximum Gasteiger partial charge on any atom is 0.331 e. The summed E-state index contributed by atoms with van der Waals surface area (Å²) in [6.07, 6.45) is 4.41. The fraction of sp³-hybridized carbons (Fsp3) is 0.467. The molecule has 0 aromatic carbocycles. The highest BCUT2D eigenvalue weighted by molar-refractivity contribution is 7.15. The van der Waals surface area contributed by atoms with Crippen molar-refractivity contribution in [2.75, 3.05) is 5.32 Å². The highest BCUT2D eigenvalue weighted by atomic mass is 32.1. The molecule has 1 atom stereocenters. The van der Waals surface area contributed by atoms with Crippen LogP contribution in [0.4, 0.5) is 5.13 Å². The molecule has 1 amide bonds. The van der Waals surface area contributed by atoms with E-state index in [4.69, 9.17) is 0 Å². The molecule has 2 aromatic heterocycles. The Morgan fingerprint density at radius 2 is 2.26 bits per heavy atom. The van der Waals surface area contributed by atoms with E-state index in [2.05, 4.69) is 17.2 Å². The zero-order chi connectivity index (χ0) is 16.6. The fourth-order valence-corrected chi connectivity index (χ4v) is 3.83. The van der Waals surface area contributed by atoms with Gasteiger partial charge in [-0.05, 0) is 25.2 Å². The van der Waals surface area contributed by atoms with Gasteiger partial charge in [-0.1, -0.05) is 6.92 Å². The van der Waals surface area contributed by atoms with Crippen LogP contribution in [0.25, 0.3) is 0 Å². The van der Waals surface area contributed by atoms with Crippen LogP contribution in [-0.4, -0.2) is 20.0 Å². The van der Waals surface area contributed by atoms with Gasteiger partial charge in [0.15, 0.2) is 5.13 Å². The van der Waals surface area contributed by atoms with Crippen molar-refractivity contribution >= 4 is 22.4 Å². The average molecular weight is 334 g/mol. The molecule has 7 nitrogen and oxygen atoms in total. The molecule has 0 aliphatic heterocycles. The zero-order valence-corrected chi connectivity index (χ0v) is 13.9. The van der Waals surface area contributed by atoms with Crippen LogP contribution in [0.5, 0.6) is 0 Å². The Labute approximate surface area is 136 Å². The van der Waals surface area contributed by atoms with Gasteiger partial charge in [-0.25, -0.2) is 9.78 Å². The number of rotatable bonds is 3. The molecule has 3 rings (SSSR count). The predicted octanol–water partition coefficient (Wildman–Crippen LogP) is 0.767. The van der Waals surface area contributed by atoms with E-state index in [0.717, 1.165) is 29.5 Å². The van der Waals surface area contributed by atoms with Crippen LogP contribution in [0.3, 0.4) is 0 Å². The Hall–Kier alpha value is -2.22. The molecule has 8 heteroatoms. The largest absolute Gasteiger partial charge is 0.331 e. The Balaban J connectivity index is 1.72. The minimum Gasteiger partial charge on any atom is -0.300 e. The Morgan fingerprint density at radius 3 is 3.04 bits per heavy atom. The maximum absolute atomic E-state index is 12.1. The summed E-state index contributed by atoms with van der Waals surface area (Å²) in [7, 11) is 1.38. The van der Waals surface area contributed by atoms with E-state index in [1.165, 1.54) is 40.1 Å². The average Bonchev–Trinajstić information content (AvgIpc) is 2.89. The number of aromatic nitrogens is 3. The van der Waals surface area contributed by atoms with Crippen molar-refractivity contribution in [3.05, 3.63) is 43.7 Å².